The minimum atomic E-state index is 0. The van der Waals surface area contributed by atoms with E-state index in [0.717, 1.165) is 12.5 Å². The molecule has 1 saturated heterocycles. The van der Waals surface area contributed by atoms with Crippen LogP contribution in [0.2, 0.25) is 0 Å². The summed E-state index contributed by atoms with van der Waals surface area (Å²) in [6.45, 7) is 9.16. The Hall–Kier alpha value is -0.570. The van der Waals surface area contributed by atoms with Gasteiger partial charge in [0.2, 0.25) is 0 Å². The maximum Gasteiger partial charge on any atom is 0.0230 e. The molecule has 114 valence electrons. The van der Waals surface area contributed by atoms with Gasteiger partial charge < -0.3 is 10.2 Å². The Morgan fingerprint density at radius 1 is 1.25 bits per heavy atom. The van der Waals surface area contributed by atoms with Crippen molar-refractivity contribution in [1.82, 2.24) is 10.2 Å². The molecule has 0 aromatic heterocycles. The molecule has 1 fully saturated rings. The zero-order valence-electron chi connectivity index (χ0n) is 13.1. The van der Waals surface area contributed by atoms with Crippen molar-refractivity contribution in [2.75, 3.05) is 26.7 Å². The van der Waals surface area contributed by atoms with E-state index >= 15 is 0 Å². The van der Waals surface area contributed by atoms with Gasteiger partial charge >= 0.3 is 0 Å². The molecule has 1 aliphatic heterocycles. The topological polar surface area (TPSA) is 15.3 Å². The van der Waals surface area contributed by atoms with Gasteiger partial charge in [-0.3, -0.25) is 0 Å². The molecule has 0 amide bonds. The predicted octanol–water partition coefficient (Wildman–Crippen LogP) is 3.66. The lowest BCUT2D eigenvalue weighted by Crippen LogP contribution is -2.36. The van der Waals surface area contributed by atoms with Gasteiger partial charge in [-0.05, 0) is 55.9 Å². The van der Waals surface area contributed by atoms with Gasteiger partial charge in [-0.2, -0.15) is 0 Å². The SMILES string of the molecule is CC(C)c1ccc(CN(C)CC2CCCNC2)cc1.Cl. The first-order chi connectivity index (χ1) is 9.15. The number of benzene rings is 1. The fraction of sp³-hybridized carbons (Fsp3) is 0.647. The maximum absolute atomic E-state index is 3.50. The average Bonchev–Trinajstić information content (AvgIpc) is 2.40. The molecule has 2 rings (SSSR count). The van der Waals surface area contributed by atoms with E-state index in [1.807, 2.05) is 0 Å². The maximum atomic E-state index is 3.50. The molecule has 0 saturated carbocycles. The quantitative estimate of drug-likeness (QED) is 0.892. The smallest absolute Gasteiger partial charge is 0.0230 e. The molecule has 0 bridgehead atoms. The van der Waals surface area contributed by atoms with Crippen molar-refractivity contribution < 1.29 is 0 Å². The van der Waals surface area contributed by atoms with Crippen LogP contribution in [0.5, 0.6) is 0 Å². The highest BCUT2D eigenvalue weighted by Gasteiger charge is 2.14. The van der Waals surface area contributed by atoms with E-state index in [9.17, 15) is 0 Å². The summed E-state index contributed by atoms with van der Waals surface area (Å²) in [6.07, 6.45) is 2.71. The van der Waals surface area contributed by atoms with E-state index in [1.54, 1.807) is 0 Å². The Balaban J connectivity index is 0.00000200. The summed E-state index contributed by atoms with van der Waals surface area (Å²) >= 11 is 0. The third-order valence-electron chi connectivity index (χ3n) is 4.07. The monoisotopic (exact) mass is 296 g/mol. The van der Waals surface area contributed by atoms with E-state index < -0.39 is 0 Å². The molecular weight excluding hydrogens is 268 g/mol. The number of rotatable bonds is 5. The Morgan fingerprint density at radius 2 is 1.95 bits per heavy atom. The van der Waals surface area contributed by atoms with Crippen molar-refractivity contribution in [3.8, 4) is 0 Å². The lowest BCUT2D eigenvalue weighted by atomic mass is 9.98. The molecule has 1 heterocycles. The Labute approximate surface area is 130 Å². The summed E-state index contributed by atoms with van der Waals surface area (Å²) in [5, 5.41) is 3.50. The van der Waals surface area contributed by atoms with E-state index in [0.29, 0.717) is 5.92 Å². The highest BCUT2D eigenvalue weighted by atomic mass is 35.5. The standard InChI is InChI=1S/C17H28N2.ClH/c1-14(2)17-8-6-15(7-9-17)12-19(3)13-16-5-4-10-18-11-16;/h6-9,14,16,18H,4-5,10-13H2,1-3H3;1H. The predicted molar refractivity (Wildman–Crippen MR) is 89.7 cm³/mol. The molecular formula is C17H29ClN2. The van der Waals surface area contributed by atoms with Crippen LogP contribution in [0.25, 0.3) is 0 Å². The summed E-state index contributed by atoms with van der Waals surface area (Å²) < 4.78 is 0. The summed E-state index contributed by atoms with van der Waals surface area (Å²) in [7, 11) is 2.24. The molecule has 3 heteroatoms. The second-order valence-corrected chi connectivity index (χ2v) is 6.31. The van der Waals surface area contributed by atoms with Gasteiger partial charge in [-0.1, -0.05) is 38.1 Å². The largest absolute Gasteiger partial charge is 0.316 e. The van der Waals surface area contributed by atoms with Gasteiger partial charge in [-0.15, -0.1) is 12.4 Å². The Kier molecular flexibility index (Phi) is 7.57. The molecule has 0 aliphatic carbocycles. The van der Waals surface area contributed by atoms with Gasteiger partial charge in [0.25, 0.3) is 0 Å². The van der Waals surface area contributed by atoms with Gasteiger partial charge in [0.1, 0.15) is 0 Å². The second-order valence-electron chi connectivity index (χ2n) is 6.31. The summed E-state index contributed by atoms with van der Waals surface area (Å²) in [5.41, 5.74) is 2.86. The highest BCUT2D eigenvalue weighted by Crippen LogP contribution is 2.16. The summed E-state index contributed by atoms with van der Waals surface area (Å²) in [4.78, 5) is 2.46. The summed E-state index contributed by atoms with van der Waals surface area (Å²) in [5.74, 6) is 1.45. The van der Waals surface area contributed by atoms with Gasteiger partial charge in [0.05, 0.1) is 0 Å². The number of nitrogens with zero attached hydrogens (tertiary/aromatic N) is 1. The molecule has 1 aliphatic rings. The summed E-state index contributed by atoms with van der Waals surface area (Å²) in [6, 6.07) is 9.11. The van der Waals surface area contributed by atoms with Crippen molar-refractivity contribution >= 4 is 12.4 Å². The lowest BCUT2D eigenvalue weighted by Gasteiger charge is -2.27. The molecule has 2 nitrogen and oxygen atoms in total. The van der Waals surface area contributed by atoms with Crippen LogP contribution in [-0.2, 0) is 6.54 Å². The molecule has 1 aromatic rings. The first-order valence-electron chi connectivity index (χ1n) is 7.63. The van der Waals surface area contributed by atoms with Gasteiger partial charge in [0, 0.05) is 13.1 Å². The number of hydrogen-bond acceptors (Lipinski definition) is 2. The zero-order valence-corrected chi connectivity index (χ0v) is 13.9. The first kappa shape index (κ1) is 17.5. The lowest BCUT2D eigenvalue weighted by molar-refractivity contribution is 0.237. The van der Waals surface area contributed by atoms with E-state index in [2.05, 4.69) is 55.4 Å². The van der Waals surface area contributed by atoms with E-state index in [-0.39, 0.29) is 12.4 Å². The fourth-order valence-electron chi connectivity index (χ4n) is 2.90. The van der Waals surface area contributed by atoms with Crippen LogP contribution >= 0.6 is 12.4 Å². The van der Waals surface area contributed by atoms with Gasteiger partial charge in [-0.25, -0.2) is 0 Å². The Morgan fingerprint density at radius 3 is 2.50 bits per heavy atom. The third-order valence-corrected chi connectivity index (χ3v) is 4.07. The average molecular weight is 297 g/mol. The van der Waals surface area contributed by atoms with Crippen LogP contribution in [-0.4, -0.2) is 31.6 Å². The Bertz CT molecular complexity index is 369. The molecule has 1 N–H and O–H groups in total. The van der Waals surface area contributed by atoms with Crippen LogP contribution in [0.3, 0.4) is 0 Å². The highest BCUT2D eigenvalue weighted by molar-refractivity contribution is 5.85. The molecule has 1 aromatic carbocycles. The van der Waals surface area contributed by atoms with Crippen LogP contribution in [0.1, 0.15) is 43.7 Å². The molecule has 1 atom stereocenters. The molecule has 0 radical (unpaired) electrons. The minimum Gasteiger partial charge on any atom is -0.316 e. The van der Waals surface area contributed by atoms with Crippen LogP contribution in [0.15, 0.2) is 24.3 Å². The van der Waals surface area contributed by atoms with Crippen molar-refractivity contribution in [2.24, 2.45) is 5.92 Å². The van der Waals surface area contributed by atoms with Crippen molar-refractivity contribution in [2.45, 2.75) is 39.2 Å². The van der Waals surface area contributed by atoms with Crippen LogP contribution in [0, 0.1) is 5.92 Å². The van der Waals surface area contributed by atoms with Crippen LogP contribution < -0.4 is 5.32 Å². The molecule has 1 unspecified atom stereocenters. The van der Waals surface area contributed by atoms with E-state index in [1.165, 1.54) is 43.6 Å². The zero-order chi connectivity index (χ0) is 13.7. The van der Waals surface area contributed by atoms with Gasteiger partial charge in [0.15, 0.2) is 0 Å². The van der Waals surface area contributed by atoms with Crippen molar-refractivity contribution in [1.29, 1.82) is 0 Å². The third kappa shape index (κ3) is 5.43. The van der Waals surface area contributed by atoms with E-state index in [4.69, 9.17) is 0 Å². The minimum absolute atomic E-state index is 0. The van der Waals surface area contributed by atoms with Crippen molar-refractivity contribution in [3.05, 3.63) is 35.4 Å². The fourth-order valence-corrected chi connectivity index (χ4v) is 2.90. The number of halogens is 1. The number of nitrogens with one attached hydrogen (secondary N) is 1. The second kappa shape index (κ2) is 8.66. The van der Waals surface area contributed by atoms with Crippen molar-refractivity contribution in [3.63, 3.8) is 0 Å². The molecule has 20 heavy (non-hydrogen) atoms. The number of hydrogen-bond donors (Lipinski definition) is 1. The normalized spacial score (nSPS) is 19.1. The van der Waals surface area contributed by atoms with Crippen LogP contribution in [0.4, 0.5) is 0 Å². The number of piperidine rings is 1. The molecule has 0 spiro atoms. The first-order valence-corrected chi connectivity index (χ1v) is 7.63.